The van der Waals surface area contributed by atoms with Gasteiger partial charge in [-0.05, 0) is 30.7 Å². The van der Waals surface area contributed by atoms with Crippen molar-refractivity contribution in [3.8, 4) is 5.75 Å². The summed E-state index contributed by atoms with van der Waals surface area (Å²) in [6.07, 6.45) is 0.397. The number of nitrogens with zero attached hydrogens (tertiary/aromatic N) is 2. The third-order valence-electron chi connectivity index (χ3n) is 3.86. The van der Waals surface area contributed by atoms with E-state index in [1.807, 2.05) is 12.1 Å². The highest BCUT2D eigenvalue weighted by atomic mass is 16.5. The van der Waals surface area contributed by atoms with E-state index in [1.54, 1.807) is 7.11 Å². The first-order chi connectivity index (χ1) is 9.72. The van der Waals surface area contributed by atoms with Gasteiger partial charge in [0, 0.05) is 45.0 Å². The van der Waals surface area contributed by atoms with Crippen molar-refractivity contribution in [2.24, 2.45) is 5.73 Å². The summed E-state index contributed by atoms with van der Waals surface area (Å²) in [6.45, 7) is 5.38. The summed E-state index contributed by atoms with van der Waals surface area (Å²) < 4.78 is 5.18. The van der Waals surface area contributed by atoms with Gasteiger partial charge in [0.15, 0.2) is 0 Å². The van der Waals surface area contributed by atoms with Crippen LogP contribution in [0.15, 0.2) is 24.3 Å². The van der Waals surface area contributed by atoms with Crippen LogP contribution in [0.1, 0.15) is 6.42 Å². The normalized spacial score (nSPS) is 18.1. The van der Waals surface area contributed by atoms with Crippen molar-refractivity contribution in [1.82, 2.24) is 4.90 Å². The predicted octanol–water partition coefficient (Wildman–Crippen LogP) is 0.527. The molecule has 0 radical (unpaired) electrons. The monoisotopic (exact) mass is 279 g/mol. The lowest BCUT2D eigenvalue weighted by Crippen LogP contribution is -2.47. The minimum absolute atomic E-state index is 0.353. The Labute approximate surface area is 120 Å². The van der Waals surface area contributed by atoms with Gasteiger partial charge in [-0.15, -0.1) is 0 Å². The Balaban J connectivity index is 1.78. The Hall–Kier alpha value is -1.30. The Kier molecular flexibility index (Phi) is 5.64. The lowest BCUT2D eigenvalue weighted by molar-refractivity contribution is 0.144. The third kappa shape index (κ3) is 4.10. The van der Waals surface area contributed by atoms with E-state index >= 15 is 0 Å². The summed E-state index contributed by atoms with van der Waals surface area (Å²) in [7, 11) is 1.68. The molecule has 1 heterocycles. The van der Waals surface area contributed by atoms with E-state index < -0.39 is 0 Å². The van der Waals surface area contributed by atoms with Crippen LogP contribution in [0, 0.1) is 0 Å². The lowest BCUT2D eigenvalue weighted by Gasteiger charge is -2.36. The van der Waals surface area contributed by atoms with Crippen LogP contribution in [-0.2, 0) is 0 Å². The van der Waals surface area contributed by atoms with Crippen molar-refractivity contribution in [2.75, 3.05) is 51.3 Å². The highest BCUT2D eigenvalue weighted by Crippen LogP contribution is 2.20. The van der Waals surface area contributed by atoms with E-state index in [4.69, 9.17) is 10.5 Å². The SMILES string of the molecule is COc1ccc(N2CCN(CCC(O)CN)CC2)cc1. The zero-order valence-electron chi connectivity index (χ0n) is 12.2. The molecule has 0 aromatic heterocycles. The maximum atomic E-state index is 9.49. The number of aliphatic hydroxyl groups excluding tert-OH is 1. The smallest absolute Gasteiger partial charge is 0.119 e. The summed E-state index contributed by atoms with van der Waals surface area (Å²) in [4.78, 5) is 4.77. The third-order valence-corrected chi connectivity index (χ3v) is 3.86. The maximum absolute atomic E-state index is 9.49. The van der Waals surface area contributed by atoms with E-state index in [-0.39, 0.29) is 6.10 Å². The quantitative estimate of drug-likeness (QED) is 0.795. The summed E-state index contributed by atoms with van der Waals surface area (Å²) >= 11 is 0. The molecular weight excluding hydrogens is 254 g/mol. The second-order valence-corrected chi connectivity index (χ2v) is 5.20. The zero-order valence-corrected chi connectivity index (χ0v) is 12.2. The molecule has 2 rings (SSSR count). The molecule has 0 bridgehead atoms. The molecular formula is C15H25N3O2. The number of rotatable bonds is 6. The minimum Gasteiger partial charge on any atom is -0.497 e. The first kappa shape index (κ1) is 15.1. The van der Waals surface area contributed by atoms with Gasteiger partial charge in [0.25, 0.3) is 0 Å². The first-order valence-corrected chi connectivity index (χ1v) is 7.22. The van der Waals surface area contributed by atoms with Gasteiger partial charge >= 0.3 is 0 Å². The number of hydrogen-bond acceptors (Lipinski definition) is 5. The van der Waals surface area contributed by atoms with Crippen LogP contribution in [0.4, 0.5) is 5.69 Å². The van der Waals surface area contributed by atoms with Gasteiger partial charge in [-0.2, -0.15) is 0 Å². The van der Waals surface area contributed by atoms with Gasteiger partial charge in [0.05, 0.1) is 13.2 Å². The Bertz CT molecular complexity index is 389. The van der Waals surface area contributed by atoms with Crippen LogP contribution in [0.5, 0.6) is 5.75 Å². The Morgan fingerprint density at radius 1 is 1.20 bits per heavy atom. The van der Waals surface area contributed by atoms with Crippen molar-refractivity contribution in [3.05, 3.63) is 24.3 Å². The fourth-order valence-electron chi connectivity index (χ4n) is 2.47. The molecule has 1 fully saturated rings. The van der Waals surface area contributed by atoms with Gasteiger partial charge in [-0.3, -0.25) is 4.90 Å². The van der Waals surface area contributed by atoms with Crippen LogP contribution in [0.25, 0.3) is 0 Å². The number of nitrogens with two attached hydrogens (primary N) is 1. The van der Waals surface area contributed by atoms with Gasteiger partial charge in [-0.1, -0.05) is 0 Å². The Morgan fingerprint density at radius 3 is 2.40 bits per heavy atom. The average molecular weight is 279 g/mol. The largest absolute Gasteiger partial charge is 0.497 e. The van der Waals surface area contributed by atoms with E-state index in [9.17, 15) is 5.11 Å². The summed E-state index contributed by atoms with van der Waals surface area (Å²) in [5, 5.41) is 9.49. The number of piperazine rings is 1. The highest BCUT2D eigenvalue weighted by molar-refractivity contribution is 5.49. The van der Waals surface area contributed by atoms with Crippen LogP contribution >= 0.6 is 0 Å². The highest BCUT2D eigenvalue weighted by Gasteiger charge is 2.17. The standard InChI is InChI=1S/C15H25N3O2/c1-20-15-4-2-13(3-5-15)18-10-8-17(9-11-18)7-6-14(19)12-16/h2-5,14,19H,6-12,16H2,1H3. The van der Waals surface area contributed by atoms with Crippen molar-refractivity contribution in [2.45, 2.75) is 12.5 Å². The number of ether oxygens (including phenoxy) is 1. The van der Waals surface area contributed by atoms with Crippen molar-refractivity contribution >= 4 is 5.69 Å². The van der Waals surface area contributed by atoms with Gasteiger partial charge in [-0.25, -0.2) is 0 Å². The van der Waals surface area contributed by atoms with Gasteiger partial charge in [0.2, 0.25) is 0 Å². The van der Waals surface area contributed by atoms with Crippen molar-refractivity contribution in [1.29, 1.82) is 0 Å². The number of benzene rings is 1. The average Bonchev–Trinajstić information content (AvgIpc) is 2.53. The summed E-state index contributed by atoms with van der Waals surface area (Å²) in [5.74, 6) is 0.892. The summed E-state index contributed by atoms with van der Waals surface area (Å²) in [5.41, 5.74) is 6.67. The van der Waals surface area contributed by atoms with Gasteiger partial charge in [0.1, 0.15) is 5.75 Å². The molecule has 20 heavy (non-hydrogen) atoms. The van der Waals surface area contributed by atoms with E-state index in [2.05, 4.69) is 21.9 Å². The zero-order chi connectivity index (χ0) is 14.4. The molecule has 112 valence electrons. The molecule has 0 saturated carbocycles. The molecule has 3 N–H and O–H groups in total. The molecule has 0 amide bonds. The maximum Gasteiger partial charge on any atom is 0.119 e. The van der Waals surface area contributed by atoms with Crippen LogP contribution < -0.4 is 15.4 Å². The molecule has 5 nitrogen and oxygen atoms in total. The van der Waals surface area contributed by atoms with E-state index in [1.165, 1.54) is 5.69 Å². The number of hydrogen-bond donors (Lipinski definition) is 2. The first-order valence-electron chi connectivity index (χ1n) is 7.22. The molecule has 0 spiro atoms. The molecule has 1 saturated heterocycles. The fourth-order valence-corrected chi connectivity index (χ4v) is 2.47. The molecule has 1 atom stereocenters. The predicted molar refractivity (Wildman–Crippen MR) is 81.3 cm³/mol. The van der Waals surface area contributed by atoms with E-state index in [0.29, 0.717) is 6.54 Å². The number of methoxy groups -OCH3 is 1. The second-order valence-electron chi connectivity index (χ2n) is 5.20. The van der Waals surface area contributed by atoms with Gasteiger partial charge < -0.3 is 20.5 Å². The van der Waals surface area contributed by atoms with Crippen molar-refractivity contribution < 1.29 is 9.84 Å². The van der Waals surface area contributed by atoms with Crippen LogP contribution in [-0.4, -0.2) is 62.5 Å². The molecule has 1 unspecified atom stereocenters. The van der Waals surface area contributed by atoms with Crippen LogP contribution in [0.3, 0.4) is 0 Å². The fraction of sp³-hybridized carbons (Fsp3) is 0.600. The molecule has 1 aromatic carbocycles. The number of aliphatic hydroxyl groups is 1. The molecule has 1 aromatic rings. The van der Waals surface area contributed by atoms with E-state index in [0.717, 1.165) is 44.9 Å². The van der Waals surface area contributed by atoms with Crippen LogP contribution in [0.2, 0.25) is 0 Å². The Morgan fingerprint density at radius 2 is 1.85 bits per heavy atom. The minimum atomic E-state index is -0.366. The lowest BCUT2D eigenvalue weighted by atomic mass is 10.2. The molecule has 1 aliphatic heterocycles. The topological polar surface area (TPSA) is 62.0 Å². The van der Waals surface area contributed by atoms with Crippen molar-refractivity contribution in [3.63, 3.8) is 0 Å². The second kappa shape index (κ2) is 7.47. The molecule has 0 aliphatic carbocycles. The molecule has 1 aliphatic rings. The summed E-state index contributed by atoms with van der Waals surface area (Å²) in [6, 6.07) is 8.21. The molecule has 5 heteroatoms. The number of anilines is 1.